The second-order valence-electron chi connectivity index (χ2n) is 4.73. The van der Waals surface area contributed by atoms with E-state index in [-0.39, 0.29) is 5.69 Å². The van der Waals surface area contributed by atoms with E-state index in [1.807, 2.05) is 0 Å². The number of nitrogens with zero attached hydrogens (tertiary/aromatic N) is 2. The molecule has 0 fully saturated rings. The van der Waals surface area contributed by atoms with Gasteiger partial charge in [0.2, 0.25) is 5.91 Å². The highest BCUT2D eigenvalue weighted by Crippen LogP contribution is 2.29. The molecule has 0 spiro atoms. The number of hydrogen-bond donors (Lipinski definition) is 1. The number of amides is 1. The molecule has 0 aliphatic rings. The number of nitrogens with one attached hydrogen (secondary N) is 1. The standard InChI is InChI=1S/C15H11N3O6/c19-14(10-4-2-1-3-5-10)9-15(20)16-12-7-6-11(17(21)22)8-13(12)18(23)24/h1-8H,9H2,(H,16,20). The minimum atomic E-state index is -0.846. The Hall–Kier alpha value is -3.62. The predicted octanol–water partition coefficient (Wildman–Crippen LogP) is 2.71. The lowest BCUT2D eigenvalue weighted by molar-refractivity contribution is -0.393. The van der Waals surface area contributed by atoms with Crippen molar-refractivity contribution in [2.24, 2.45) is 0 Å². The smallest absolute Gasteiger partial charge is 0.299 e. The summed E-state index contributed by atoms with van der Waals surface area (Å²) in [5, 5.41) is 23.9. The van der Waals surface area contributed by atoms with E-state index >= 15 is 0 Å². The topological polar surface area (TPSA) is 132 Å². The van der Waals surface area contributed by atoms with Crippen LogP contribution in [0, 0.1) is 20.2 Å². The van der Waals surface area contributed by atoms with Crippen molar-refractivity contribution in [2.75, 3.05) is 5.32 Å². The number of anilines is 1. The second kappa shape index (κ2) is 7.09. The van der Waals surface area contributed by atoms with Gasteiger partial charge in [0.05, 0.1) is 22.3 Å². The van der Waals surface area contributed by atoms with Crippen LogP contribution in [0.25, 0.3) is 0 Å². The zero-order chi connectivity index (χ0) is 17.7. The zero-order valence-electron chi connectivity index (χ0n) is 12.2. The molecule has 2 aromatic rings. The summed E-state index contributed by atoms with van der Waals surface area (Å²) in [5.41, 5.74) is -0.966. The lowest BCUT2D eigenvalue weighted by Crippen LogP contribution is -2.17. The molecule has 0 saturated heterocycles. The van der Waals surface area contributed by atoms with Crippen LogP contribution in [0.4, 0.5) is 17.1 Å². The van der Waals surface area contributed by atoms with E-state index in [9.17, 15) is 29.8 Å². The van der Waals surface area contributed by atoms with Crippen LogP contribution in [-0.4, -0.2) is 21.5 Å². The van der Waals surface area contributed by atoms with Crippen LogP contribution in [0.3, 0.4) is 0 Å². The molecule has 122 valence electrons. The summed E-state index contributed by atoms with van der Waals surface area (Å²) in [6.45, 7) is 0. The van der Waals surface area contributed by atoms with Crippen LogP contribution in [0.2, 0.25) is 0 Å². The number of nitro benzene ring substituents is 2. The van der Waals surface area contributed by atoms with Gasteiger partial charge in [0.1, 0.15) is 5.69 Å². The summed E-state index contributed by atoms with van der Waals surface area (Å²) in [4.78, 5) is 43.8. The molecule has 0 aliphatic carbocycles. The molecule has 1 N–H and O–H groups in total. The van der Waals surface area contributed by atoms with Gasteiger partial charge in [0.25, 0.3) is 11.4 Å². The molecule has 0 atom stereocenters. The van der Waals surface area contributed by atoms with Crippen LogP contribution >= 0.6 is 0 Å². The van der Waals surface area contributed by atoms with E-state index in [4.69, 9.17) is 0 Å². The Bertz CT molecular complexity index is 819. The van der Waals surface area contributed by atoms with Crippen molar-refractivity contribution < 1.29 is 19.4 Å². The highest BCUT2D eigenvalue weighted by molar-refractivity contribution is 6.11. The molecule has 0 aromatic heterocycles. The van der Waals surface area contributed by atoms with Gasteiger partial charge < -0.3 is 5.32 Å². The van der Waals surface area contributed by atoms with E-state index in [0.717, 1.165) is 18.2 Å². The van der Waals surface area contributed by atoms with Crippen LogP contribution in [0.5, 0.6) is 0 Å². The van der Waals surface area contributed by atoms with Crippen molar-refractivity contribution in [2.45, 2.75) is 6.42 Å². The fraction of sp³-hybridized carbons (Fsp3) is 0.0667. The van der Waals surface area contributed by atoms with Crippen molar-refractivity contribution in [1.29, 1.82) is 0 Å². The summed E-state index contributed by atoms with van der Waals surface area (Å²) >= 11 is 0. The van der Waals surface area contributed by atoms with Gasteiger partial charge in [-0.1, -0.05) is 30.3 Å². The highest BCUT2D eigenvalue weighted by atomic mass is 16.6. The number of hydrogen-bond acceptors (Lipinski definition) is 6. The Morgan fingerprint density at radius 3 is 2.21 bits per heavy atom. The van der Waals surface area contributed by atoms with Gasteiger partial charge in [-0.25, -0.2) is 0 Å². The molecular weight excluding hydrogens is 318 g/mol. The molecular formula is C15H11N3O6. The number of carbonyl (C=O) groups is 2. The Morgan fingerprint density at radius 2 is 1.62 bits per heavy atom. The van der Waals surface area contributed by atoms with Gasteiger partial charge in [0.15, 0.2) is 5.78 Å². The third-order valence-electron chi connectivity index (χ3n) is 3.08. The van der Waals surface area contributed by atoms with Gasteiger partial charge in [0, 0.05) is 11.6 Å². The molecule has 1 amide bonds. The number of non-ortho nitro benzene ring substituents is 1. The number of carbonyl (C=O) groups excluding carboxylic acids is 2. The average molecular weight is 329 g/mol. The molecule has 0 heterocycles. The molecule has 0 saturated carbocycles. The quantitative estimate of drug-likeness (QED) is 0.375. The number of rotatable bonds is 6. The maximum Gasteiger partial charge on any atom is 0.299 e. The molecule has 9 nitrogen and oxygen atoms in total. The minimum absolute atomic E-state index is 0.212. The SMILES string of the molecule is O=C(CC(=O)c1ccccc1)Nc1ccc([N+](=O)[O-])cc1[N+](=O)[O-]. The van der Waals surface area contributed by atoms with Gasteiger partial charge in [-0.3, -0.25) is 29.8 Å². The van der Waals surface area contributed by atoms with E-state index < -0.39 is 39.3 Å². The fourth-order valence-electron chi connectivity index (χ4n) is 1.96. The lowest BCUT2D eigenvalue weighted by atomic mass is 10.1. The Labute approximate surface area is 135 Å². The summed E-state index contributed by atoms with van der Waals surface area (Å²) in [6.07, 6.45) is -0.502. The first-order chi connectivity index (χ1) is 11.4. The van der Waals surface area contributed by atoms with Gasteiger partial charge in [-0.2, -0.15) is 0 Å². The van der Waals surface area contributed by atoms with Crippen molar-refractivity contribution in [3.63, 3.8) is 0 Å². The van der Waals surface area contributed by atoms with Crippen molar-refractivity contribution in [1.82, 2.24) is 0 Å². The summed E-state index contributed by atoms with van der Waals surface area (Å²) in [5.74, 6) is -1.20. The average Bonchev–Trinajstić information content (AvgIpc) is 2.55. The molecule has 0 radical (unpaired) electrons. The summed E-state index contributed by atoms with van der Waals surface area (Å²) in [7, 11) is 0. The first-order valence-electron chi connectivity index (χ1n) is 6.69. The first kappa shape index (κ1) is 16.7. The van der Waals surface area contributed by atoms with Crippen molar-refractivity contribution in [3.8, 4) is 0 Å². The first-order valence-corrected chi connectivity index (χ1v) is 6.69. The molecule has 0 unspecified atom stereocenters. The third-order valence-corrected chi connectivity index (χ3v) is 3.08. The molecule has 9 heteroatoms. The third kappa shape index (κ3) is 3.97. The van der Waals surface area contributed by atoms with Crippen molar-refractivity contribution >= 4 is 28.8 Å². The molecule has 0 aliphatic heterocycles. The molecule has 2 aromatic carbocycles. The van der Waals surface area contributed by atoms with E-state index in [2.05, 4.69) is 5.32 Å². The number of Topliss-reactive ketones (excluding diaryl/α,β-unsaturated/α-hetero) is 1. The fourth-order valence-corrected chi connectivity index (χ4v) is 1.96. The van der Waals surface area contributed by atoms with E-state index in [1.165, 1.54) is 0 Å². The summed E-state index contributed by atoms with van der Waals surface area (Å²) in [6, 6.07) is 10.9. The predicted molar refractivity (Wildman–Crippen MR) is 83.8 cm³/mol. The Kier molecular flexibility index (Phi) is 4.95. The molecule has 2 rings (SSSR count). The molecule has 0 bridgehead atoms. The summed E-state index contributed by atoms with van der Waals surface area (Å²) < 4.78 is 0. The molecule has 24 heavy (non-hydrogen) atoms. The van der Waals surface area contributed by atoms with E-state index in [0.29, 0.717) is 5.56 Å². The largest absolute Gasteiger partial charge is 0.320 e. The maximum absolute atomic E-state index is 11.9. The van der Waals surface area contributed by atoms with Crippen LogP contribution in [-0.2, 0) is 4.79 Å². The maximum atomic E-state index is 11.9. The van der Waals surface area contributed by atoms with E-state index in [1.54, 1.807) is 30.3 Å². The van der Waals surface area contributed by atoms with Crippen molar-refractivity contribution in [3.05, 3.63) is 74.3 Å². The monoisotopic (exact) mass is 329 g/mol. The van der Waals surface area contributed by atoms with Gasteiger partial charge >= 0.3 is 0 Å². The van der Waals surface area contributed by atoms with Crippen LogP contribution in [0.1, 0.15) is 16.8 Å². The van der Waals surface area contributed by atoms with Gasteiger partial charge in [-0.15, -0.1) is 0 Å². The Balaban J connectivity index is 2.15. The Morgan fingerprint density at radius 1 is 0.958 bits per heavy atom. The zero-order valence-corrected chi connectivity index (χ0v) is 12.2. The van der Waals surface area contributed by atoms with Crippen LogP contribution in [0.15, 0.2) is 48.5 Å². The minimum Gasteiger partial charge on any atom is -0.320 e. The normalized spacial score (nSPS) is 10.0. The lowest BCUT2D eigenvalue weighted by Gasteiger charge is -2.06. The number of benzene rings is 2. The highest BCUT2D eigenvalue weighted by Gasteiger charge is 2.21. The second-order valence-corrected chi connectivity index (χ2v) is 4.73. The van der Waals surface area contributed by atoms with Gasteiger partial charge in [-0.05, 0) is 6.07 Å². The number of nitro groups is 2. The number of ketones is 1. The van der Waals surface area contributed by atoms with Crippen LogP contribution < -0.4 is 5.32 Å².